The normalized spacial score (nSPS) is 34.4. The van der Waals surface area contributed by atoms with E-state index in [0.29, 0.717) is 0 Å². The highest BCUT2D eigenvalue weighted by Crippen LogP contribution is 2.35. The Labute approximate surface area is 97.8 Å². The van der Waals surface area contributed by atoms with E-state index < -0.39 is 11.3 Å². The van der Waals surface area contributed by atoms with Crippen molar-refractivity contribution in [3.63, 3.8) is 0 Å². The van der Waals surface area contributed by atoms with E-state index in [9.17, 15) is 9.59 Å². The molecule has 88 valence electrons. The second-order valence-corrected chi connectivity index (χ2v) is 4.40. The predicted molar refractivity (Wildman–Crippen MR) is 59.9 cm³/mol. The number of urea groups is 2. The minimum Gasteiger partial charge on any atom is -0.311 e. The van der Waals surface area contributed by atoms with Crippen LogP contribution in [0.4, 0.5) is 9.59 Å². The van der Waals surface area contributed by atoms with Crippen LogP contribution in [-0.4, -0.2) is 17.7 Å². The summed E-state index contributed by atoms with van der Waals surface area (Å²) in [6.07, 6.45) is 0. The summed E-state index contributed by atoms with van der Waals surface area (Å²) in [5.74, 6) is 0. The fraction of sp³-hybridized carbons (Fsp3) is 0.273. The van der Waals surface area contributed by atoms with Crippen LogP contribution in [0.25, 0.3) is 0 Å². The van der Waals surface area contributed by atoms with Gasteiger partial charge in [0.05, 0.1) is 0 Å². The zero-order chi connectivity index (χ0) is 12.1. The van der Waals surface area contributed by atoms with E-state index in [2.05, 4.69) is 21.3 Å². The summed E-state index contributed by atoms with van der Waals surface area (Å²) >= 11 is 0. The molecule has 0 radical (unpaired) electrons. The molecular weight excluding hydrogens is 220 g/mol. The molecule has 2 heterocycles. The Balaban J connectivity index is 2.16. The molecule has 6 heteroatoms. The molecule has 2 fully saturated rings. The van der Waals surface area contributed by atoms with E-state index in [-0.39, 0.29) is 12.1 Å². The van der Waals surface area contributed by atoms with Gasteiger partial charge in [-0.1, -0.05) is 30.3 Å². The lowest BCUT2D eigenvalue weighted by atomic mass is 9.90. The summed E-state index contributed by atoms with van der Waals surface area (Å²) in [6, 6.07) is 8.69. The number of carbonyl (C=O) groups is 2. The number of nitrogens with one attached hydrogen (secondary N) is 4. The zero-order valence-corrected chi connectivity index (χ0v) is 9.20. The summed E-state index contributed by atoms with van der Waals surface area (Å²) in [5.41, 5.74) is -0.996. The van der Waals surface area contributed by atoms with E-state index in [1.165, 1.54) is 0 Å². The van der Waals surface area contributed by atoms with Crippen molar-refractivity contribution in [3.8, 4) is 0 Å². The molecule has 0 atom stereocenters. The maximum absolute atomic E-state index is 11.5. The molecule has 6 nitrogen and oxygen atoms in total. The van der Waals surface area contributed by atoms with Crippen LogP contribution in [-0.2, 0) is 5.66 Å². The molecule has 0 spiro atoms. The zero-order valence-electron chi connectivity index (χ0n) is 9.20. The van der Waals surface area contributed by atoms with Gasteiger partial charge < -0.3 is 21.3 Å². The van der Waals surface area contributed by atoms with Crippen LogP contribution in [0, 0.1) is 0 Å². The van der Waals surface area contributed by atoms with Crippen LogP contribution in [0.15, 0.2) is 30.3 Å². The molecule has 3 rings (SSSR count). The van der Waals surface area contributed by atoms with Crippen LogP contribution in [0.5, 0.6) is 0 Å². The van der Waals surface area contributed by atoms with Crippen molar-refractivity contribution in [2.24, 2.45) is 0 Å². The average Bonchev–Trinajstić information content (AvgIpc) is 2.64. The van der Waals surface area contributed by atoms with Gasteiger partial charge >= 0.3 is 12.1 Å². The van der Waals surface area contributed by atoms with Gasteiger partial charge in [0.25, 0.3) is 0 Å². The van der Waals surface area contributed by atoms with Gasteiger partial charge in [-0.25, -0.2) is 9.59 Å². The van der Waals surface area contributed by atoms with Gasteiger partial charge in [0.2, 0.25) is 0 Å². The lowest BCUT2D eigenvalue weighted by Crippen LogP contribution is -2.61. The maximum atomic E-state index is 11.5. The Morgan fingerprint density at radius 2 is 1.41 bits per heavy atom. The molecule has 1 aromatic rings. The third-order valence-electron chi connectivity index (χ3n) is 3.29. The molecule has 17 heavy (non-hydrogen) atoms. The third kappa shape index (κ3) is 1.15. The molecule has 4 amide bonds. The van der Waals surface area contributed by atoms with E-state index in [1.54, 1.807) is 6.92 Å². The van der Waals surface area contributed by atoms with Crippen molar-refractivity contribution in [2.45, 2.75) is 18.2 Å². The number of fused-ring (bicyclic) bond motifs is 1. The van der Waals surface area contributed by atoms with Gasteiger partial charge in [0, 0.05) is 5.56 Å². The minimum atomic E-state index is -0.942. The number of hydrogen-bond acceptors (Lipinski definition) is 2. The van der Waals surface area contributed by atoms with Crippen LogP contribution in [0.3, 0.4) is 0 Å². The molecule has 1 aromatic carbocycles. The number of hydrogen-bond donors (Lipinski definition) is 4. The molecular formula is C11H12N4O2. The summed E-state index contributed by atoms with van der Waals surface area (Å²) < 4.78 is 0. The molecule has 2 saturated heterocycles. The molecule has 0 aromatic heterocycles. The average molecular weight is 232 g/mol. The predicted octanol–water partition coefficient (Wildman–Crippen LogP) is 0.181. The first kappa shape index (κ1) is 9.95. The van der Waals surface area contributed by atoms with Gasteiger partial charge in [-0.3, -0.25) is 0 Å². The van der Waals surface area contributed by atoms with Crippen molar-refractivity contribution in [3.05, 3.63) is 35.9 Å². The van der Waals surface area contributed by atoms with Gasteiger partial charge in [0.1, 0.15) is 0 Å². The van der Waals surface area contributed by atoms with Crippen LogP contribution in [0.1, 0.15) is 12.5 Å². The number of amides is 4. The van der Waals surface area contributed by atoms with Crippen molar-refractivity contribution in [1.29, 1.82) is 0 Å². The molecule has 0 bridgehead atoms. The Morgan fingerprint density at radius 3 is 1.94 bits per heavy atom. The monoisotopic (exact) mass is 232 g/mol. The molecule has 0 saturated carbocycles. The van der Waals surface area contributed by atoms with E-state index >= 15 is 0 Å². The Kier molecular flexibility index (Phi) is 1.70. The van der Waals surface area contributed by atoms with Gasteiger partial charge in [-0.05, 0) is 6.92 Å². The highest BCUT2D eigenvalue weighted by atomic mass is 16.2. The van der Waals surface area contributed by atoms with Gasteiger partial charge in [-0.15, -0.1) is 0 Å². The first-order valence-corrected chi connectivity index (χ1v) is 5.32. The van der Waals surface area contributed by atoms with Crippen LogP contribution in [0.2, 0.25) is 0 Å². The highest BCUT2D eigenvalue weighted by molar-refractivity contribution is 5.88. The number of carbonyl (C=O) groups excluding carboxylic acids is 2. The van der Waals surface area contributed by atoms with Crippen LogP contribution < -0.4 is 21.3 Å². The van der Waals surface area contributed by atoms with Crippen molar-refractivity contribution in [2.75, 3.05) is 0 Å². The maximum Gasteiger partial charge on any atom is 0.318 e. The highest BCUT2D eigenvalue weighted by Gasteiger charge is 2.62. The van der Waals surface area contributed by atoms with Gasteiger partial charge in [-0.2, -0.15) is 0 Å². The van der Waals surface area contributed by atoms with Crippen LogP contribution >= 0.6 is 0 Å². The van der Waals surface area contributed by atoms with Gasteiger partial charge in [0.15, 0.2) is 11.3 Å². The molecule has 0 unspecified atom stereocenters. The fourth-order valence-electron chi connectivity index (χ4n) is 2.48. The quantitative estimate of drug-likeness (QED) is 0.557. The van der Waals surface area contributed by atoms with E-state index in [0.717, 1.165) is 5.56 Å². The Bertz CT molecular complexity index is 479. The molecule has 4 N–H and O–H groups in total. The standard InChI is InChI=1S/C11H12N4O2/c1-10-11(14-8(16)12-10,15-9(17)13-10)7-5-3-2-4-6-7/h2-6H,1H3,(H2,12,14,16)(H2,13,15,17). The summed E-state index contributed by atoms with van der Waals surface area (Å²) in [6.45, 7) is 1.76. The largest absolute Gasteiger partial charge is 0.318 e. The summed E-state index contributed by atoms with van der Waals surface area (Å²) in [5, 5.41) is 11.0. The fourth-order valence-corrected chi connectivity index (χ4v) is 2.48. The topological polar surface area (TPSA) is 82.3 Å². The number of rotatable bonds is 1. The lowest BCUT2D eigenvalue weighted by Gasteiger charge is -2.34. The minimum absolute atomic E-state index is 0.316. The summed E-state index contributed by atoms with van der Waals surface area (Å²) in [7, 11) is 0. The second kappa shape index (κ2) is 2.91. The van der Waals surface area contributed by atoms with Crippen molar-refractivity contribution in [1.82, 2.24) is 21.3 Å². The van der Waals surface area contributed by atoms with E-state index in [4.69, 9.17) is 0 Å². The SMILES string of the molecule is CC12NC(=O)NC1(c1ccccc1)NC(=O)N2. The smallest absolute Gasteiger partial charge is 0.311 e. The first-order valence-electron chi connectivity index (χ1n) is 5.32. The van der Waals surface area contributed by atoms with Crippen molar-refractivity contribution >= 4 is 12.1 Å². The molecule has 2 aliphatic heterocycles. The third-order valence-corrected chi connectivity index (χ3v) is 3.29. The van der Waals surface area contributed by atoms with E-state index in [1.807, 2.05) is 30.3 Å². The Hall–Kier alpha value is -2.24. The first-order chi connectivity index (χ1) is 8.06. The Morgan fingerprint density at radius 1 is 0.882 bits per heavy atom. The molecule has 2 aliphatic rings. The number of benzene rings is 1. The van der Waals surface area contributed by atoms with Crippen molar-refractivity contribution < 1.29 is 9.59 Å². The molecule has 0 aliphatic carbocycles. The second-order valence-electron chi connectivity index (χ2n) is 4.40. The lowest BCUT2D eigenvalue weighted by molar-refractivity contribution is 0.228. The summed E-state index contributed by atoms with van der Waals surface area (Å²) in [4.78, 5) is 23.1.